The number of ether oxygens (including phenoxy) is 1. The first-order valence-electron chi connectivity index (χ1n) is 8.60. The fraction of sp³-hybridized carbons (Fsp3) is 0.368. The summed E-state index contributed by atoms with van der Waals surface area (Å²) in [5, 5.41) is 0. The van der Waals surface area contributed by atoms with E-state index in [1.165, 1.54) is 0 Å². The first-order valence-corrected chi connectivity index (χ1v) is 8.60. The molecule has 2 aromatic rings. The molecule has 26 heavy (non-hydrogen) atoms. The Bertz CT molecular complexity index is 870. The number of likely N-dealkylation sites (tertiary alicyclic amines) is 1. The molecule has 2 aliphatic rings. The predicted octanol–water partition coefficient (Wildman–Crippen LogP) is 2.12. The lowest BCUT2D eigenvalue weighted by Gasteiger charge is -2.22. The van der Waals surface area contributed by atoms with Crippen molar-refractivity contribution in [2.24, 2.45) is 0 Å². The fourth-order valence-corrected chi connectivity index (χ4v) is 3.64. The van der Waals surface area contributed by atoms with Gasteiger partial charge in [0.15, 0.2) is 5.60 Å². The van der Waals surface area contributed by atoms with E-state index in [2.05, 4.69) is 9.97 Å². The fourth-order valence-electron chi connectivity index (χ4n) is 3.64. The molecule has 0 saturated carbocycles. The van der Waals surface area contributed by atoms with Crippen LogP contribution in [0.1, 0.15) is 22.6 Å². The van der Waals surface area contributed by atoms with E-state index in [1.54, 1.807) is 30.0 Å². The van der Waals surface area contributed by atoms with Crippen LogP contribution in [0.2, 0.25) is 0 Å². The summed E-state index contributed by atoms with van der Waals surface area (Å²) in [5.74, 6) is 0.482. The van der Waals surface area contributed by atoms with E-state index in [1.807, 2.05) is 30.3 Å². The Labute approximate surface area is 151 Å². The lowest BCUT2D eigenvalue weighted by molar-refractivity contribution is 0.0553. The van der Waals surface area contributed by atoms with Crippen LogP contribution in [0.25, 0.3) is 11.3 Å². The minimum absolute atomic E-state index is 0.133. The first-order chi connectivity index (χ1) is 12.5. The second-order valence-electron chi connectivity index (χ2n) is 6.93. The number of nitrogens with zero attached hydrogens (tertiary/aromatic N) is 4. The number of likely N-dealkylation sites (N-methyl/N-ethyl adjacent to an activating group) is 1. The van der Waals surface area contributed by atoms with Gasteiger partial charge >= 0.3 is 6.09 Å². The first kappa shape index (κ1) is 16.5. The van der Waals surface area contributed by atoms with Crippen molar-refractivity contribution in [1.82, 2.24) is 19.8 Å². The smallest absolute Gasteiger partial charge is 0.410 e. The quantitative estimate of drug-likeness (QED) is 0.827. The Morgan fingerprint density at radius 3 is 2.69 bits per heavy atom. The molecule has 1 atom stereocenters. The number of aromatic nitrogens is 2. The summed E-state index contributed by atoms with van der Waals surface area (Å²) in [6.07, 6.45) is 1.90. The third-order valence-electron chi connectivity index (χ3n) is 4.93. The van der Waals surface area contributed by atoms with Crippen molar-refractivity contribution in [3.63, 3.8) is 0 Å². The van der Waals surface area contributed by atoms with Gasteiger partial charge in [-0.05, 0) is 6.92 Å². The van der Waals surface area contributed by atoms with Crippen LogP contribution >= 0.6 is 0 Å². The molecule has 2 aliphatic heterocycles. The van der Waals surface area contributed by atoms with Gasteiger partial charge in [0.25, 0.3) is 5.91 Å². The summed E-state index contributed by atoms with van der Waals surface area (Å²) in [6, 6.07) is 9.61. The molecule has 1 spiro atoms. The minimum Gasteiger partial charge on any atom is -0.439 e. The number of aryl methyl sites for hydroxylation is 1. The third kappa shape index (κ3) is 2.79. The molecule has 0 N–H and O–H groups in total. The van der Waals surface area contributed by atoms with E-state index in [0.29, 0.717) is 43.1 Å². The number of carbonyl (C=O) groups is 2. The molecule has 0 bridgehead atoms. The molecule has 7 nitrogen and oxygen atoms in total. The SMILES string of the molecule is Cc1ncc(C(=O)N2CC[C@@]3(CN(C)C(=O)O3)C2)c(-c2ccccc2)n1. The molecular weight excluding hydrogens is 332 g/mol. The zero-order valence-electron chi connectivity index (χ0n) is 14.8. The highest BCUT2D eigenvalue weighted by molar-refractivity contribution is 5.99. The van der Waals surface area contributed by atoms with Gasteiger partial charge in [-0.15, -0.1) is 0 Å². The molecule has 2 fully saturated rings. The van der Waals surface area contributed by atoms with Gasteiger partial charge < -0.3 is 14.5 Å². The van der Waals surface area contributed by atoms with E-state index < -0.39 is 5.60 Å². The Kier molecular flexibility index (Phi) is 3.86. The van der Waals surface area contributed by atoms with Gasteiger partial charge in [0, 0.05) is 31.8 Å². The number of hydrogen-bond acceptors (Lipinski definition) is 5. The lowest BCUT2D eigenvalue weighted by atomic mass is 10.0. The van der Waals surface area contributed by atoms with Crippen molar-refractivity contribution in [3.8, 4) is 11.3 Å². The number of amides is 2. The van der Waals surface area contributed by atoms with Crippen LogP contribution in [0.5, 0.6) is 0 Å². The van der Waals surface area contributed by atoms with Gasteiger partial charge in [0.2, 0.25) is 0 Å². The lowest BCUT2D eigenvalue weighted by Crippen LogP contribution is -2.39. The maximum Gasteiger partial charge on any atom is 0.410 e. The molecule has 1 aromatic carbocycles. The van der Waals surface area contributed by atoms with Crippen molar-refractivity contribution in [2.45, 2.75) is 18.9 Å². The van der Waals surface area contributed by atoms with Crippen LogP contribution in [-0.4, -0.2) is 64.1 Å². The molecule has 3 heterocycles. The van der Waals surface area contributed by atoms with E-state index in [9.17, 15) is 9.59 Å². The monoisotopic (exact) mass is 352 g/mol. The highest BCUT2D eigenvalue weighted by Gasteiger charge is 2.49. The Morgan fingerprint density at radius 2 is 2.00 bits per heavy atom. The summed E-state index contributed by atoms with van der Waals surface area (Å²) in [4.78, 5) is 36.9. The Morgan fingerprint density at radius 1 is 1.23 bits per heavy atom. The third-order valence-corrected chi connectivity index (χ3v) is 4.93. The van der Waals surface area contributed by atoms with Crippen molar-refractivity contribution in [2.75, 3.05) is 26.7 Å². The molecule has 0 unspecified atom stereocenters. The number of carbonyl (C=O) groups excluding carboxylic acids is 2. The summed E-state index contributed by atoms with van der Waals surface area (Å²) in [5.41, 5.74) is 1.38. The van der Waals surface area contributed by atoms with Crippen LogP contribution in [0.4, 0.5) is 4.79 Å². The molecule has 2 amide bonds. The van der Waals surface area contributed by atoms with E-state index in [0.717, 1.165) is 5.56 Å². The highest BCUT2D eigenvalue weighted by atomic mass is 16.6. The van der Waals surface area contributed by atoms with Crippen LogP contribution in [0.15, 0.2) is 36.5 Å². The number of benzene rings is 1. The Hall–Kier alpha value is -2.96. The maximum absolute atomic E-state index is 13.1. The van der Waals surface area contributed by atoms with Crippen LogP contribution < -0.4 is 0 Å². The summed E-state index contributed by atoms with van der Waals surface area (Å²) >= 11 is 0. The van der Waals surface area contributed by atoms with Gasteiger partial charge in [-0.3, -0.25) is 4.79 Å². The average molecular weight is 352 g/mol. The molecule has 0 radical (unpaired) electrons. The van der Waals surface area contributed by atoms with Crippen LogP contribution in [-0.2, 0) is 4.74 Å². The highest BCUT2D eigenvalue weighted by Crippen LogP contribution is 2.33. The zero-order chi connectivity index (χ0) is 18.3. The van der Waals surface area contributed by atoms with Crippen LogP contribution in [0.3, 0.4) is 0 Å². The molecule has 7 heteroatoms. The van der Waals surface area contributed by atoms with Crippen molar-refractivity contribution < 1.29 is 14.3 Å². The van der Waals surface area contributed by atoms with Gasteiger partial charge in [0.1, 0.15) is 5.82 Å². The second-order valence-corrected chi connectivity index (χ2v) is 6.93. The average Bonchev–Trinajstić information content (AvgIpc) is 3.17. The zero-order valence-corrected chi connectivity index (χ0v) is 14.8. The molecule has 1 aromatic heterocycles. The largest absolute Gasteiger partial charge is 0.439 e. The van der Waals surface area contributed by atoms with Crippen molar-refractivity contribution in [1.29, 1.82) is 0 Å². The van der Waals surface area contributed by atoms with E-state index in [4.69, 9.17) is 4.74 Å². The van der Waals surface area contributed by atoms with Gasteiger partial charge in [-0.25, -0.2) is 14.8 Å². The normalized spacial score (nSPS) is 22.2. The van der Waals surface area contributed by atoms with E-state index in [-0.39, 0.29) is 12.0 Å². The predicted molar refractivity (Wildman–Crippen MR) is 94.6 cm³/mol. The summed E-state index contributed by atoms with van der Waals surface area (Å²) < 4.78 is 5.53. The summed E-state index contributed by atoms with van der Waals surface area (Å²) in [7, 11) is 1.71. The van der Waals surface area contributed by atoms with Crippen molar-refractivity contribution >= 4 is 12.0 Å². The van der Waals surface area contributed by atoms with Gasteiger partial charge in [0.05, 0.1) is 24.3 Å². The molecule has 0 aliphatic carbocycles. The molecule has 134 valence electrons. The molecule has 2 saturated heterocycles. The minimum atomic E-state index is -0.597. The van der Waals surface area contributed by atoms with Crippen LogP contribution in [0, 0.1) is 6.92 Å². The molecule has 4 rings (SSSR count). The maximum atomic E-state index is 13.1. The number of rotatable bonds is 2. The van der Waals surface area contributed by atoms with Crippen molar-refractivity contribution in [3.05, 3.63) is 47.9 Å². The van der Waals surface area contributed by atoms with E-state index >= 15 is 0 Å². The standard InChI is InChI=1S/C19H20N4O3/c1-13-20-10-15(16(21-13)14-6-4-3-5-7-14)17(24)23-9-8-19(12-23)11-22(2)18(25)26-19/h3-7,10H,8-9,11-12H2,1-2H3/t19-/m1/s1. The second kappa shape index (κ2) is 6.09. The van der Waals surface area contributed by atoms with Gasteiger partial charge in [-0.1, -0.05) is 30.3 Å². The topological polar surface area (TPSA) is 75.6 Å². The van der Waals surface area contributed by atoms with Gasteiger partial charge in [-0.2, -0.15) is 0 Å². The number of hydrogen-bond donors (Lipinski definition) is 0. The summed E-state index contributed by atoms with van der Waals surface area (Å²) in [6.45, 7) is 3.25. The molecular formula is C19H20N4O3. The Balaban J connectivity index is 1.63.